The van der Waals surface area contributed by atoms with Gasteiger partial charge >= 0.3 is 0 Å². The van der Waals surface area contributed by atoms with Crippen LogP contribution in [0.25, 0.3) is 0 Å². The van der Waals surface area contributed by atoms with Crippen LogP contribution in [0, 0.1) is 0 Å². The maximum atomic E-state index is 5.69. The van der Waals surface area contributed by atoms with Crippen molar-refractivity contribution in [2.45, 2.75) is 19.9 Å². The van der Waals surface area contributed by atoms with Gasteiger partial charge in [-0.2, -0.15) is 0 Å². The third-order valence-corrected chi connectivity index (χ3v) is 2.90. The number of ether oxygens (including phenoxy) is 3. The largest absolute Gasteiger partial charge is 0.489 e. The molecule has 104 valence electrons. The Kier molecular flexibility index (Phi) is 5.36. The molecule has 0 aromatic heterocycles. The first-order chi connectivity index (χ1) is 9.35. The van der Waals surface area contributed by atoms with Crippen LogP contribution >= 0.6 is 11.6 Å². The number of rotatable bonds is 7. The molecule has 5 heteroatoms. The van der Waals surface area contributed by atoms with E-state index in [2.05, 4.69) is 12.2 Å². The van der Waals surface area contributed by atoms with E-state index in [-0.39, 0.29) is 6.79 Å². The summed E-state index contributed by atoms with van der Waals surface area (Å²) >= 11 is 5.49. The third-order valence-electron chi connectivity index (χ3n) is 2.72. The number of nitrogens with one attached hydrogen (secondary N) is 1. The maximum Gasteiger partial charge on any atom is 0.231 e. The standard InChI is InChI=1S/C14H18ClNO3/c1-2-5-16-9-11-7-13-14(19-10-18-13)8-12(11)17-6-3-4-15/h3-4,7-8,16H,2,5-6,9-10H2,1H3. The Morgan fingerprint density at radius 3 is 2.89 bits per heavy atom. The highest BCUT2D eigenvalue weighted by Gasteiger charge is 2.17. The van der Waals surface area contributed by atoms with Gasteiger partial charge in [-0.25, -0.2) is 0 Å². The Labute approximate surface area is 118 Å². The molecule has 0 bridgehead atoms. The summed E-state index contributed by atoms with van der Waals surface area (Å²) in [6.45, 7) is 4.54. The first kappa shape index (κ1) is 14.0. The van der Waals surface area contributed by atoms with Crippen LogP contribution in [0.2, 0.25) is 0 Å². The van der Waals surface area contributed by atoms with Crippen LogP contribution in [-0.4, -0.2) is 19.9 Å². The van der Waals surface area contributed by atoms with Gasteiger partial charge in [0.1, 0.15) is 12.4 Å². The van der Waals surface area contributed by atoms with E-state index < -0.39 is 0 Å². The summed E-state index contributed by atoms with van der Waals surface area (Å²) in [7, 11) is 0. The molecule has 0 spiro atoms. The predicted molar refractivity (Wildman–Crippen MR) is 75.1 cm³/mol. The average Bonchev–Trinajstić information content (AvgIpc) is 2.86. The van der Waals surface area contributed by atoms with Gasteiger partial charge < -0.3 is 19.5 Å². The van der Waals surface area contributed by atoms with Crippen molar-refractivity contribution >= 4 is 11.6 Å². The number of hydrogen-bond donors (Lipinski definition) is 1. The lowest BCUT2D eigenvalue weighted by Crippen LogP contribution is -2.14. The minimum absolute atomic E-state index is 0.266. The second kappa shape index (κ2) is 7.26. The van der Waals surface area contributed by atoms with Crippen LogP contribution < -0.4 is 19.5 Å². The fourth-order valence-corrected chi connectivity index (χ4v) is 1.88. The molecule has 0 amide bonds. The van der Waals surface area contributed by atoms with Gasteiger partial charge in [-0.05, 0) is 25.1 Å². The zero-order valence-electron chi connectivity index (χ0n) is 10.9. The van der Waals surface area contributed by atoms with E-state index in [9.17, 15) is 0 Å². The number of fused-ring (bicyclic) bond motifs is 1. The summed E-state index contributed by atoms with van der Waals surface area (Å²) in [4.78, 5) is 0. The zero-order chi connectivity index (χ0) is 13.5. The van der Waals surface area contributed by atoms with Crippen LogP contribution in [0.4, 0.5) is 0 Å². The van der Waals surface area contributed by atoms with Gasteiger partial charge in [0.05, 0.1) is 0 Å². The Morgan fingerprint density at radius 1 is 1.37 bits per heavy atom. The lowest BCUT2D eigenvalue weighted by Gasteiger charge is -2.12. The second-order valence-corrected chi connectivity index (χ2v) is 4.41. The highest BCUT2D eigenvalue weighted by Crippen LogP contribution is 2.38. The molecule has 0 atom stereocenters. The average molecular weight is 284 g/mol. The molecule has 1 N–H and O–H groups in total. The quantitative estimate of drug-likeness (QED) is 0.781. The minimum Gasteiger partial charge on any atom is -0.489 e. The molecule has 1 aromatic carbocycles. The monoisotopic (exact) mass is 283 g/mol. The molecule has 0 saturated carbocycles. The van der Waals surface area contributed by atoms with Crippen molar-refractivity contribution in [2.24, 2.45) is 0 Å². The fourth-order valence-electron chi connectivity index (χ4n) is 1.81. The fraction of sp³-hybridized carbons (Fsp3) is 0.429. The summed E-state index contributed by atoms with van der Waals surface area (Å²) in [5, 5.41) is 3.35. The van der Waals surface area contributed by atoms with Crippen molar-refractivity contribution in [3.63, 3.8) is 0 Å². The van der Waals surface area contributed by atoms with Crippen molar-refractivity contribution in [3.8, 4) is 17.2 Å². The molecule has 4 nitrogen and oxygen atoms in total. The normalized spacial score (nSPS) is 13.2. The van der Waals surface area contributed by atoms with Crippen LogP contribution in [0.1, 0.15) is 18.9 Å². The molecule has 19 heavy (non-hydrogen) atoms. The topological polar surface area (TPSA) is 39.7 Å². The Balaban J connectivity index is 2.12. The van der Waals surface area contributed by atoms with Crippen molar-refractivity contribution in [1.82, 2.24) is 5.32 Å². The number of benzene rings is 1. The van der Waals surface area contributed by atoms with Crippen molar-refractivity contribution < 1.29 is 14.2 Å². The van der Waals surface area contributed by atoms with Crippen LogP contribution in [0.3, 0.4) is 0 Å². The molecule has 0 saturated heterocycles. The van der Waals surface area contributed by atoms with Gasteiger partial charge in [0.25, 0.3) is 0 Å². The SMILES string of the molecule is CCCNCc1cc2c(cc1OCC=CCl)OCO2. The van der Waals surface area contributed by atoms with Gasteiger partial charge in [0, 0.05) is 23.7 Å². The maximum absolute atomic E-state index is 5.69. The van der Waals surface area contributed by atoms with Crippen molar-refractivity contribution in [3.05, 3.63) is 29.3 Å². The minimum atomic E-state index is 0.266. The van der Waals surface area contributed by atoms with E-state index in [1.165, 1.54) is 5.54 Å². The molecule has 1 aliphatic heterocycles. The van der Waals surface area contributed by atoms with E-state index in [1.54, 1.807) is 6.08 Å². The van der Waals surface area contributed by atoms with E-state index in [4.69, 9.17) is 25.8 Å². The third kappa shape index (κ3) is 3.78. The van der Waals surface area contributed by atoms with E-state index in [0.717, 1.165) is 42.3 Å². The molecule has 0 radical (unpaired) electrons. The molecule has 1 aromatic rings. The molecule has 0 fully saturated rings. The number of hydrogen-bond acceptors (Lipinski definition) is 4. The smallest absolute Gasteiger partial charge is 0.231 e. The van der Waals surface area contributed by atoms with Gasteiger partial charge in [-0.15, -0.1) is 0 Å². The summed E-state index contributed by atoms with van der Waals surface area (Å²) in [6.07, 6.45) is 2.84. The summed E-state index contributed by atoms with van der Waals surface area (Å²) in [5.41, 5.74) is 2.50. The Bertz CT molecular complexity index is 449. The van der Waals surface area contributed by atoms with E-state index >= 15 is 0 Å². The summed E-state index contributed by atoms with van der Waals surface area (Å²) in [5.74, 6) is 2.29. The predicted octanol–water partition coefficient (Wildman–Crippen LogP) is 3.05. The Hall–Kier alpha value is -1.39. The van der Waals surface area contributed by atoms with Gasteiger partial charge in [-0.3, -0.25) is 0 Å². The zero-order valence-corrected chi connectivity index (χ0v) is 11.7. The molecule has 1 heterocycles. The van der Waals surface area contributed by atoms with Crippen molar-refractivity contribution in [2.75, 3.05) is 19.9 Å². The molecular formula is C14H18ClNO3. The van der Waals surface area contributed by atoms with Crippen LogP contribution in [0.15, 0.2) is 23.7 Å². The van der Waals surface area contributed by atoms with E-state index in [1.807, 2.05) is 12.1 Å². The molecular weight excluding hydrogens is 266 g/mol. The second-order valence-electron chi connectivity index (χ2n) is 4.16. The summed E-state index contributed by atoms with van der Waals surface area (Å²) in [6, 6.07) is 3.83. The number of halogens is 1. The molecule has 2 rings (SSSR count). The van der Waals surface area contributed by atoms with Gasteiger partial charge in [0.15, 0.2) is 11.5 Å². The highest BCUT2D eigenvalue weighted by atomic mass is 35.5. The van der Waals surface area contributed by atoms with Crippen LogP contribution in [-0.2, 0) is 6.54 Å². The van der Waals surface area contributed by atoms with Crippen molar-refractivity contribution in [1.29, 1.82) is 0 Å². The first-order valence-corrected chi connectivity index (χ1v) is 6.80. The lowest BCUT2D eigenvalue weighted by molar-refractivity contribution is 0.174. The van der Waals surface area contributed by atoms with Gasteiger partial charge in [-0.1, -0.05) is 18.5 Å². The van der Waals surface area contributed by atoms with Gasteiger partial charge in [0.2, 0.25) is 6.79 Å². The van der Waals surface area contributed by atoms with E-state index in [0.29, 0.717) is 6.61 Å². The summed E-state index contributed by atoms with van der Waals surface area (Å²) < 4.78 is 16.4. The highest BCUT2D eigenvalue weighted by molar-refractivity contribution is 6.25. The molecule has 0 unspecified atom stereocenters. The molecule has 0 aliphatic carbocycles. The first-order valence-electron chi connectivity index (χ1n) is 6.36. The molecule has 1 aliphatic rings. The lowest BCUT2D eigenvalue weighted by atomic mass is 10.1. The Morgan fingerprint density at radius 2 is 2.16 bits per heavy atom. The van der Waals surface area contributed by atoms with Crippen LogP contribution in [0.5, 0.6) is 17.2 Å².